The molecule has 0 aliphatic carbocycles. The summed E-state index contributed by atoms with van der Waals surface area (Å²) in [5.41, 5.74) is 8.93. The standard InChI is InChI=1S/C20H16N6O/c1-12-16(18(22)27)17(14-9-7-13(11-21)8-10-14)26-20(23-12)24-19(25-26)15-5-3-2-4-6-15/h2-10,17H,1H3,(H2,22,27)(H,23,24,25). The molecule has 132 valence electrons. The minimum absolute atomic E-state index is 0.414. The van der Waals surface area contributed by atoms with Crippen LogP contribution in [0.4, 0.5) is 5.95 Å². The highest BCUT2D eigenvalue weighted by molar-refractivity contribution is 5.95. The van der Waals surface area contributed by atoms with Crippen LogP contribution in [0.1, 0.15) is 24.1 Å². The molecule has 2 heterocycles. The Morgan fingerprint density at radius 2 is 1.89 bits per heavy atom. The van der Waals surface area contributed by atoms with Gasteiger partial charge in [0.15, 0.2) is 5.82 Å². The number of nitrogens with one attached hydrogen (secondary N) is 1. The van der Waals surface area contributed by atoms with Gasteiger partial charge in [-0.05, 0) is 24.6 Å². The fraction of sp³-hybridized carbons (Fsp3) is 0.100. The lowest BCUT2D eigenvalue weighted by atomic mass is 9.95. The molecular formula is C20H16N6O. The van der Waals surface area contributed by atoms with E-state index in [4.69, 9.17) is 11.0 Å². The smallest absolute Gasteiger partial charge is 0.248 e. The number of primary amides is 1. The Bertz CT molecular complexity index is 1090. The van der Waals surface area contributed by atoms with Gasteiger partial charge in [0.1, 0.15) is 6.04 Å². The van der Waals surface area contributed by atoms with E-state index < -0.39 is 11.9 Å². The summed E-state index contributed by atoms with van der Waals surface area (Å²) in [6.07, 6.45) is 0. The number of fused-ring (bicyclic) bond motifs is 1. The molecule has 1 aromatic heterocycles. The first kappa shape index (κ1) is 16.5. The fourth-order valence-corrected chi connectivity index (χ4v) is 3.23. The number of anilines is 1. The Morgan fingerprint density at radius 1 is 1.19 bits per heavy atom. The van der Waals surface area contributed by atoms with E-state index >= 15 is 0 Å². The number of carbonyl (C=O) groups is 1. The van der Waals surface area contributed by atoms with Crippen molar-refractivity contribution in [3.63, 3.8) is 0 Å². The molecule has 0 fully saturated rings. The van der Waals surface area contributed by atoms with E-state index in [9.17, 15) is 4.79 Å². The van der Waals surface area contributed by atoms with E-state index in [1.807, 2.05) is 30.3 Å². The van der Waals surface area contributed by atoms with Gasteiger partial charge in [0.2, 0.25) is 11.9 Å². The highest BCUT2D eigenvalue weighted by Gasteiger charge is 2.33. The van der Waals surface area contributed by atoms with Crippen molar-refractivity contribution in [2.75, 3.05) is 5.32 Å². The molecule has 0 saturated heterocycles. The van der Waals surface area contributed by atoms with Gasteiger partial charge in [0.05, 0.1) is 17.2 Å². The molecule has 7 heteroatoms. The maximum absolute atomic E-state index is 12.2. The van der Waals surface area contributed by atoms with Gasteiger partial charge >= 0.3 is 0 Å². The van der Waals surface area contributed by atoms with Crippen LogP contribution in [0.15, 0.2) is 65.9 Å². The van der Waals surface area contributed by atoms with Crippen molar-refractivity contribution in [2.24, 2.45) is 5.73 Å². The zero-order valence-corrected chi connectivity index (χ0v) is 14.5. The number of nitrogens with zero attached hydrogens (tertiary/aromatic N) is 4. The number of rotatable bonds is 3. The number of allylic oxidation sites excluding steroid dienone is 1. The number of hydrogen-bond acceptors (Lipinski definition) is 5. The molecule has 1 amide bonds. The number of amides is 1. The first-order chi connectivity index (χ1) is 13.1. The van der Waals surface area contributed by atoms with Gasteiger partial charge in [0.25, 0.3) is 0 Å². The third-order valence-electron chi connectivity index (χ3n) is 4.51. The summed E-state index contributed by atoms with van der Waals surface area (Å²) in [7, 11) is 0. The topological polar surface area (TPSA) is 110 Å². The highest BCUT2D eigenvalue weighted by Crippen LogP contribution is 2.36. The molecular weight excluding hydrogens is 340 g/mol. The molecule has 0 bridgehead atoms. The number of nitrogens with two attached hydrogens (primary N) is 1. The molecule has 4 rings (SSSR count). The number of hydrogen-bond donors (Lipinski definition) is 2. The van der Waals surface area contributed by atoms with Gasteiger partial charge in [-0.25, -0.2) is 4.68 Å². The maximum atomic E-state index is 12.2. The van der Waals surface area contributed by atoms with Gasteiger partial charge < -0.3 is 11.1 Å². The van der Waals surface area contributed by atoms with Gasteiger partial charge in [-0.1, -0.05) is 42.5 Å². The predicted octanol–water partition coefficient (Wildman–Crippen LogP) is 2.59. The van der Waals surface area contributed by atoms with E-state index in [1.165, 1.54) is 0 Å². The van der Waals surface area contributed by atoms with Crippen LogP contribution in [0.3, 0.4) is 0 Å². The summed E-state index contributed by atoms with van der Waals surface area (Å²) in [6.45, 7) is 1.79. The maximum Gasteiger partial charge on any atom is 0.248 e. The predicted molar refractivity (Wildman–Crippen MR) is 100 cm³/mol. The van der Waals surface area contributed by atoms with Crippen molar-refractivity contribution in [2.45, 2.75) is 13.0 Å². The molecule has 2 aromatic carbocycles. The van der Waals surface area contributed by atoms with Crippen molar-refractivity contribution in [3.05, 3.63) is 77.0 Å². The summed E-state index contributed by atoms with van der Waals surface area (Å²) in [4.78, 5) is 16.7. The second-order valence-electron chi connectivity index (χ2n) is 6.23. The summed E-state index contributed by atoms with van der Waals surface area (Å²) in [6, 6.07) is 18.2. The molecule has 0 spiro atoms. The van der Waals surface area contributed by atoms with Gasteiger partial charge in [-0.3, -0.25) is 4.79 Å². The highest BCUT2D eigenvalue weighted by atomic mass is 16.1. The largest absolute Gasteiger partial charge is 0.366 e. The molecule has 0 radical (unpaired) electrons. The fourth-order valence-electron chi connectivity index (χ4n) is 3.23. The van der Waals surface area contributed by atoms with Crippen LogP contribution in [0, 0.1) is 11.3 Å². The van der Waals surface area contributed by atoms with Crippen LogP contribution < -0.4 is 11.1 Å². The van der Waals surface area contributed by atoms with E-state index in [0.29, 0.717) is 28.6 Å². The molecule has 1 aliphatic rings. The van der Waals surface area contributed by atoms with E-state index in [1.54, 1.807) is 35.9 Å². The number of carbonyl (C=O) groups excluding carboxylic acids is 1. The number of aromatic nitrogens is 3. The second kappa shape index (κ2) is 6.42. The zero-order chi connectivity index (χ0) is 19.0. The van der Waals surface area contributed by atoms with Crippen LogP contribution >= 0.6 is 0 Å². The Hall–Kier alpha value is -3.92. The molecule has 1 unspecified atom stereocenters. The first-order valence-corrected chi connectivity index (χ1v) is 8.38. The first-order valence-electron chi connectivity index (χ1n) is 8.38. The molecule has 1 aliphatic heterocycles. The Morgan fingerprint density at radius 3 is 2.52 bits per heavy atom. The summed E-state index contributed by atoms with van der Waals surface area (Å²) in [5.74, 6) is 0.553. The van der Waals surface area contributed by atoms with Crippen molar-refractivity contribution in [3.8, 4) is 17.5 Å². The van der Waals surface area contributed by atoms with Gasteiger partial charge in [-0.15, -0.1) is 5.10 Å². The Labute approximate surface area is 155 Å². The average Bonchev–Trinajstić information content (AvgIpc) is 3.11. The normalized spacial score (nSPS) is 15.6. The lowest BCUT2D eigenvalue weighted by Gasteiger charge is -2.27. The third-order valence-corrected chi connectivity index (χ3v) is 4.51. The SMILES string of the molecule is CC1=C(C(N)=O)C(c2ccc(C#N)cc2)n2nc(-c3ccccc3)nc2N1. The Balaban J connectivity index is 1.88. The summed E-state index contributed by atoms with van der Waals surface area (Å²) in [5, 5.41) is 16.8. The van der Waals surface area contributed by atoms with Crippen molar-refractivity contribution in [1.29, 1.82) is 5.26 Å². The van der Waals surface area contributed by atoms with Crippen LogP contribution in [0.25, 0.3) is 11.4 Å². The zero-order valence-electron chi connectivity index (χ0n) is 14.5. The van der Waals surface area contributed by atoms with Gasteiger partial charge in [0, 0.05) is 11.3 Å². The van der Waals surface area contributed by atoms with Crippen molar-refractivity contribution in [1.82, 2.24) is 14.8 Å². The van der Waals surface area contributed by atoms with Crippen molar-refractivity contribution >= 4 is 11.9 Å². The number of benzene rings is 2. The molecule has 1 atom stereocenters. The van der Waals surface area contributed by atoms with Crippen LogP contribution in [-0.4, -0.2) is 20.7 Å². The lowest BCUT2D eigenvalue weighted by molar-refractivity contribution is -0.115. The van der Waals surface area contributed by atoms with Crippen LogP contribution in [0.5, 0.6) is 0 Å². The Kier molecular flexibility index (Phi) is 3.94. The quantitative estimate of drug-likeness (QED) is 0.749. The molecule has 0 saturated carbocycles. The second-order valence-corrected chi connectivity index (χ2v) is 6.23. The average molecular weight is 356 g/mol. The number of nitriles is 1. The molecule has 27 heavy (non-hydrogen) atoms. The van der Waals surface area contributed by atoms with E-state index in [2.05, 4.69) is 21.5 Å². The van der Waals surface area contributed by atoms with Crippen molar-refractivity contribution < 1.29 is 4.79 Å². The summed E-state index contributed by atoms with van der Waals surface area (Å²) >= 11 is 0. The van der Waals surface area contributed by atoms with Crippen LogP contribution in [-0.2, 0) is 4.79 Å². The van der Waals surface area contributed by atoms with Crippen LogP contribution in [0.2, 0.25) is 0 Å². The lowest BCUT2D eigenvalue weighted by Crippen LogP contribution is -2.31. The minimum Gasteiger partial charge on any atom is -0.366 e. The monoisotopic (exact) mass is 356 g/mol. The molecule has 3 aromatic rings. The third kappa shape index (κ3) is 2.83. The van der Waals surface area contributed by atoms with E-state index in [-0.39, 0.29) is 0 Å². The minimum atomic E-state index is -0.531. The molecule has 3 N–H and O–H groups in total. The van der Waals surface area contributed by atoms with Gasteiger partial charge in [-0.2, -0.15) is 10.2 Å². The molecule has 7 nitrogen and oxygen atoms in total. The van der Waals surface area contributed by atoms with E-state index in [0.717, 1.165) is 11.1 Å². The summed E-state index contributed by atoms with van der Waals surface area (Å²) < 4.78 is 1.66.